The molecule has 0 spiro atoms. The quantitative estimate of drug-likeness (QED) is 0.828. The van der Waals surface area contributed by atoms with Gasteiger partial charge in [-0.2, -0.15) is 5.26 Å². The third-order valence-corrected chi connectivity index (χ3v) is 3.98. The van der Waals surface area contributed by atoms with E-state index in [-0.39, 0.29) is 6.61 Å². The van der Waals surface area contributed by atoms with Crippen LogP contribution in [0.4, 0.5) is 5.82 Å². The van der Waals surface area contributed by atoms with Crippen LogP contribution in [0.2, 0.25) is 0 Å². The molecule has 1 N–H and O–H groups in total. The van der Waals surface area contributed by atoms with Crippen molar-refractivity contribution in [3.8, 4) is 6.07 Å². The maximum absolute atomic E-state index is 9.26. The Hall–Kier alpha value is -1.60. The first-order valence-corrected chi connectivity index (χ1v) is 5.99. The van der Waals surface area contributed by atoms with Crippen molar-refractivity contribution >= 4 is 5.82 Å². The lowest BCUT2D eigenvalue weighted by Crippen LogP contribution is -2.24. The third kappa shape index (κ3) is 1.58. The van der Waals surface area contributed by atoms with Crippen molar-refractivity contribution in [2.45, 2.75) is 20.0 Å². The molecule has 1 saturated heterocycles. The van der Waals surface area contributed by atoms with Crippen LogP contribution < -0.4 is 4.90 Å². The maximum atomic E-state index is 9.26. The summed E-state index contributed by atoms with van der Waals surface area (Å²) in [5.74, 6) is 2.44. The van der Waals surface area contributed by atoms with E-state index in [1.54, 1.807) is 6.20 Å². The summed E-state index contributed by atoms with van der Waals surface area (Å²) >= 11 is 0. The van der Waals surface area contributed by atoms with E-state index in [4.69, 9.17) is 0 Å². The van der Waals surface area contributed by atoms with E-state index >= 15 is 0 Å². The smallest absolute Gasteiger partial charge is 0.146 e. The number of anilines is 1. The van der Waals surface area contributed by atoms with Gasteiger partial charge in [0.25, 0.3) is 0 Å². The van der Waals surface area contributed by atoms with Crippen LogP contribution in [0.15, 0.2) is 6.20 Å². The van der Waals surface area contributed by atoms with Crippen LogP contribution in [-0.2, 0) is 6.61 Å². The van der Waals surface area contributed by atoms with Gasteiger partial charge in [0.15, 0.2) is 0 Å². The molecular weight excluding hydrogens is 214 g/mol. The number of hydrogen-bond acceptors (Lipinski definition) is 4. The summed E-state index contributed by atoms with van der Waals surface area (Å²) in [6, 6.07) is 2.23. The van der Waals surface area contributed by atoms with Crippen molar-refractivity contribution in [2.24, 2.45) is 11.8 Å². The van der Waals surface area contributed by atoms with Crippen molar-refractivity contribution in [3.63, 3.8) is 0 Å². The molecule has 17 heavy (non-hydrogen) atoms. The molecule has 1 aliphatic heterocycles. The molecule has 0 radical (unpaired) electrons. The lowest BCUT2D eigenvalue weighted by atomic mass is 10.1. The van der Waals surface area contributed by atoms with Gasteiger partial charge in [-0.05, 0) is 30.7 Å². The van der Waals surface area contributed by atoms with E-state index in [9.17, 15) is 10.4 Å². The third-order valence-electron chi connectivity index (χ3n) is 3.98. The first-order chi connectivity index (χ1) is 8.24. The van der Waals surface area contributed by atoms with Gasteiger partial charge in [0, 0.05) is 24.8 Å². The molecule has 0 aromatic carbocycles. The summed E-state index contributed by atoms with van der Waals surface area (Å²) in [5, 5.41) is 18.4. The standard InChI is InChI=1S/C13H15N3O/c1-8-11(7-17)4-15-13(12(8)3-14)16-5-9-2-10(9)6-16/h4,9-10,17H,2,5-7H2,1H3. The average molecular weight is 229 g/mol. The molecule has 88 valence electrons. The van der Waals surface area contributed by atoms with Gasteiger partial charge in [0.1, 0.15) is 11.9 Å². The Balaban J connectivity index is 1.99. The molecule has 2 unspecified atom stereocenters. The molecule has 0 amide bonds. The van der Waals surface area contributed by atoms with Gasteiger partial charge in [0.2, 0.25) is 0 Å². The Bertz CT molecular complexity index is 496. The van der Waals surface area contributed by atoms with Gasteiger partial charge in [-0.25, -0.2) is 4.98 Å². The van der Waals surface area contributed by atoms with Crippen molar-refractivity contribution < 1.29 is 5.11 Å². The van der Waals surface area contributed by atoms with Gasteiger partial charge in [-0.15, -0.1) is 0 Å². The van der Waals surface area contributed by atoms with Crippen LogP contribution in [0.5, 0.6) is 0 Å². The molecule has 0 bridgehead atoms. The second-order valence-electron chi connectivity index (χ2n) is 5.04. The largest absolute Gasteiger partial charge is 0.392 e. The Morgan fingerprint density at radius 2 is 2.24 bits per heavy atom. The van der Waals surface area contributed by atoms with Crippen LogP contribution in [-0.4, -0.2) is 23.2 Å². The summed E-state index contributed by atoms with van der Waals surface area (Å²) in [7, 11) is 0. The zero-order chi connectivity index (χ0) is 12.0. The lowest BCUT2D eigenvalue weighted by Gasteiger charge is -2.21. The molecule has 2 atom stereocenters. The number of aliphatic hydroxyl groups is 1. The van der Waals surface area contributed by atoms with Gasteiger partial charge < -0.3 is 10.0 Å². The Labute approximate surface area is 101 Å². The van der Waals surface area contributed by atoms with E-state index in [0.717, 1.165) is 41.9 Å². The molecule has 3 rings (SSSR count). The highest BCUT2D eigenvalue weighted by molar-refractivity contribution is 5.60. The maximum Gasteiger partial charge on any atom is 0.146 e. The lowest BCUT2D eigenvalue weighted by molar-refractivity contribution is 0.280. The van der Waals surface area contributed by atoms with Crippen LogP contribution >= 0.6 is 0 Å². The normalized spacial score (nSPS) is 25.6. The monoisotopic (exact) mass is 229 g/mol. The number of nitriles is 1. The number of piperidine rings is 1. The highest BCUT2D eigenvalue weighted by atomic mass is 16.3. The Morgan fingerprint density at radius 3 is 2.82 bits per heavy atom. The van der Waals surface area contributed by atoms with E-state index in [1.807, 2.05) is 6.92 Å². The second-order valence-corrected chi connectivity index (χ2v) is 5.04. The molecule has 4 nitrogen and oxygen atoms in total. The van der Waals surface area contributed by atoms with Crippen molar-refractivity contribution in [2.75, 3.05) is 18.0 Å². The summed E-state index contributed by atoms with van der Waals surface area (Å²) in [6.45, 7) is 3.89. The fraction of sp³-hybridized carbons (Fsp3) is 0.538. The zero-order valence-corrected chi connectivity index (χ0v) is 9.85. The summed E-state index contributed by atoms with van der Waals surface area (Å²) in [5.41, 5.74) is 2.23. The number of nitrogens with zero attached hydrogens (tertiary/aromatic N) is 3. The number of aromatic nitrogens is 1. The minimum absolute atomic E-state index is 0.0565. The first kappa shape index (κ1) is 10.5. The van der Waals surface area contributed by atoms with Crippen LogP contribution in [0, 0.1) is 30.1 Å². The van der Waals surface area contributed by atoms with Crippen LogP contribution in [0.25, 0.3) is 0 Å². The molecule has 1 aromatic rings. The number of hydrogen-bond donors (Lipinski definition) is 1. The summed E-state index contributed by atoms with van der Waals surface area (Å²) < 4.78 is 0. The molecule has 2 heterocycles. The molecule has 2 fully saturated rings. The van der Waals surface area contributed by atoms with Gasteiger partial charge in [-0.1, -0.05) is 0 Å². The number of aliphatic hydroxyl groups excluding tert-OH is 1. The zero-order valence-electron chi connectivity index (χ0n) is 9.85. The van der Waals surface area contributed by atoms with Crippen LogP contribution in [0.3, 0.4) is 0 Å². The fourth-order valence-corrected chi connectivity index (χ4v) is 2.73. The van der Waals surface area contributed by atoms with Crippen molar-refractivity contribution in [1.82, 2.24) is 4.98 Å². The Morgan fingerprint density at radius 1 is 1.53 bits per heavy atom. The molecular formula is C13H15N3O. The minimum Gasteiger partial charge on any atom is -0.392 e. The first-order valence-electron chi connectivity index (χ1n) is 5.99. The van der Waals surface area contributed by atoms with Crippen molar-refractivity contribution in [1.29, 1.82) is 5.26 Å². The highest BCUT2D eigenvalue weighted by Crippen LogP contribution is 2.46. The number of pyridine rings is 1. The molecule has 2 aliphatic rings. The van der Waals surface area contributed by atoms with E-state index in [2.05, 4.69) is 16.0 Å². The molecule has 1 saturated carbocycles. The summed E-state index contributed by atoms with van der Waals surface area (Å²) in [6.07, 6.45) is 3.03. The van der Waals surface area contributed by atoms with E-state index < -0.39 is 0 Å². The SMILES string of the molecule is Cc1c(CO)cnc(N2CC3CC3C2)c1C#N. The van der Waals surface area contributed by atoms with Gasteiger partial charge >= 0.3 is 0 Å². The summed E-state index contributed by atoms with van der Waals surface area (Å²) in [4.78, 5) is 6.58. The van der Waals surface area contributed by atoms with E-state index in [1.165, 1.54) is 6.42 Å². The predicted molar refractivity (Wildman–Crippen MR) is 63.4 cm³/mol. The fourth-order valence-electron chi connectivity index (χ4n) is 2.73. The van der Waals surface area contributed by atoms with Crippen molar-refractivity contribution in [3.05, 3.63) is 22.9 Å². The topological polar surface area (TPSA) is 60.2 Å². The van der Waals surface area contributed by atoms with Gasteiger partial charge in [-0.3, -0.25) is 0 Å². The highest BCUT2D eigenvalue weighted by Gasteiger charge is 2.45. The second kappa shape index (κ2) is 3.71. The minimum atomic E-state index is -0.0565. The Kier molecular flexibility index (Phi) is 2.30. The molecule has 1 aromatic heterocycles. The van der Waals surface area contributed by atoms with E-state index in [0.29, 0.717) is 5.56 Å². The number of rotatable bonds is 2. The molecule has 4 heteroatoms. The molecule has 1 aliphatic carbocycles. The van der Waals surface area contributed by atoms with Gasteiger partial charge in [0.05, 0.1) is 12.2 Å². The number of fused-ring (bicyclic) bond motifs is 1. The predicted octanol–water partition coefficient (Wildman–Crippen LogP) is 1.21. The average Bonchev–Trinajstić information content (AvgIpc) is 2.96. The van der Waals surface area contributed by atoms with Crippen LogP contribution in [0.1, 0.15) is 23.1 Å².